The molecule has 1 aliphatic rings. The number of aryl methyl sites for hydroxylation is 1. The van der Waals surface area contributed by atoms with E-state index in [1.807, 2.05) is 13.0 Å². The van der Waals surface area contributed by atoms with Gasteiger partial charge in [0.2, 0.25) is 0 Å². The molecule has 4 rings (SSSR count). The Labute approximate surface area is 230 Å². The number of halogens is 2. The Morgan fingerprint density at radius 2 is 1.37 bits per heavy atom. The minimum absolute atomic E-state index is 0.171. The number of carbonyl (C=O) groups excluding carboxylic acids is 2. The highest BCUT2D eigenvalue weighted by Gasteiger charge is 2.36. The van der Waals surface area contributed by atoms with E-state index in [0.717, 1.165) is 5.39 Å². The highest BCUT2D eigenvalue weighted by atomic mass is 35.5. The summed E-state index contributed by atoms with van der Waals surface area (Å²) in [5.74, 6) is 1.30. The molecule has 0 unspecified atom stereocenters. The van der Waals surface area contributed by atoms with Crippen LogP contribution in [0.2, 0.25) is 0 Å². The van der Waals surface area contributed by atoms with Crippen molar-refractivity contribution in [1.29, 1.82) is 0 Å². The Hall–Kier alpha value is -3.56. The summed E-state index contributed by atoms with van der Waals surface area (Å²) < 4.78 is 6.08. The van der Waals surface area contributed by atoms with Gasteiger partial charge in [0.05, 0.1) is 34.3 Å². The second kappa shape index (κ2) is 12.3. The fraction of sp³-hybridized carbons (Fsp3) is 0.333. The maximum Gasteiger partial charge on any atom is 0.196 e. The number of furan rings is 1. The fourth-order valence-corrected chi connectivity index (χ4v) is 4.62. The molecule has 2 aromatic carbocycles. The van der Waals surface area contributed by atoms with Crippen LogP contribution < -0.4 is 22.1 Å². The number of hydrogen-bond acceptors (Lipinski definition) is 7. The Kier molecular flexibility index (Phi) is 8.91. The van der Waals surface area contributed by atoms with Crippen molar-refractivity contribution in [3.8, 4) is 0 Å². The van der Waals surface area contributed by atoms with Crippen molar-refractivity contribution in [3.63, 3.8) is 0 Å². The molecule has 9 nitrogen and oxygen atoms in total. The van der Waals surface area contributed by atoms with E-state index >= 15 is 0 Å². The average Bonchev–Trinajstić information content (AvgIpc) is 3.32. The monoisotopic (exact) mass is 556 g/mol. The molecule has 38 heavy (non-hydrogen) atoms. The molecular weight excluding hydrogens is 527 g/mol. The molecule has 0 fully saturated rings. The van der Waals surface area contributed by atoms with Crippen LogP contribution >= 0.6 is 23.2 Å². The third kappa shape index (κ3) is 5.63. The van der Waals surface area contributed by atoms with Crippen LogP contribution in [0.3, 0.4) is 0 Å². The third-order valence-corrected chi connectivity index (χ3v) is 6.70. The fourth-order valence-electron chi connectivity index (χ4n) is 4.45. The molecule has 1 aromatic heterocycles. The lowest BCUT2D eigenvalue weighted by atomic mass is 9.81. The number of amidine groups is 2. The quantitative estimate of drug-likeness (QED) is 0.0667. The molecule has 0 radical (unpaired) electrons. The Balaban J connectivity index is 1.75. The number of carbonyl (C=O) groups is 2. The molecule has 0 bridgehead atoms. The van der Waals surface area contributed by atoms with Crippen molar-refractivity contribution in [2.24, 2.45) is 21.5 Å². The molecule has 3 aromatic rings. The standard InChI is InChI=1S/C27H30Cl2N6O3/c1-15-12-18-23(34-10-4-8-32-19(30)13-28)21-22(26(37)17-7-3-2-6-16(17)25(21)36)24(27(18)38-15)35-11-5-9-33-20(31)14-29/h2-3,6-7,12,34-35H,4-5,8-11,13-14H2,1H3,(H2,30,32)(H2,31,33). The number of nitrogens with zero attached hydrogens (tertiary/aromatic N) is 2. The number of aliphatic imine (C=N–C) groups is 2. The van der Waals surface area contributed by atoms with Gasteiger partial charge in [0.25, 0.3) is 0 Å². The SMILES string of the molecule is Cc1cc2c(NCCCN=C(N)CCl)c3c(c(NCCCN=C(N)CCl)c2o1)C(=O)c1ccccc1C3=O. The molecule has 0 amide bonds. The zero-order valence-electron chi connectivity index (χ0n) is 21.1. The number of anilines is 2. The van der Waals surface area contributed by atoms with Gasteiger partial charge < -0.3 is 26.5 Å². The first-order valence-electron chi connectivity index (χ1n) is 12.3. The van der Waals surface area contributed by atoms with Crippen LogP contribution in [-0.4, -0.2) is 61.2 Å². The molecule has 6 N–H and O–H groups in total. The van der Waals surface area contributed by atoms with Crippen LogP contribution in [-0.2, 0) is 0 Å². The van der Waals surface area contributed by atoms with Crippen LogP contribution in [0, 0.1) is 6.92 Å². The van der Waals surface area contributed by atoms with Gasteiger partial charge in [-0.2, -0.15) is 0 Å². The van der Waals surface area contributed by atoms with Gasteiger partial charge in [0.1, 0.15) is 17.4 Å². The molecule has 0 spiro atoms. The van der Waals surface area contributed by atoms with Crippen molar-refractivity contribution >= 4 is 68.8 Å². The first kappa shape index (κ1) is 27.5. The van der Waals surface area contributed by atoms with Gasteiger partial charge in [-0.3, -0.25) is 19.6 Å². The van der Waals surface area contributed by atoms with E-state index in [1.54, 1.807) is 24.3 Å². The van der Waals surface area contributed by atoms with Gasteiger partial charge in [-0.1, -0.05) is 24.3 Å². The molecule has 0 atom stereocenters. The summed E-state index contributed by atoms with van der Waals surface area (Å²) >= 11 is 11.4. The van der Waals surface area contributed by atoms with Crippen LogP contribution in [0.1, 0.15) is 50.4 Å². The largest absolute Gasteiger partial charge is 0.459 e. The Bertz CT molecular complexity index is 1330. The van der Waals surface area contributed by atoms with Crippen molar-refractivity contribution in [2.45, 2.75) is 19.8 Å². The molecule has 1 aliphatic carbocycles. The van der Waals surface area contributed by atoms with Gasteiger partial charge in [-0.05, 0) is 25.8 Å². The van der Waals surface area contributed by atoms with Crippen LogP contribution in [0.4, 0.5) is 11.4 Å². The normalized spacial score (nSPS) is 13.6. The lowest BCUT2D eigenvalue weighted by Gasteiger charge is -2.24. The van der Waals surface area contributed by atoms with E-state index < -0.39 is 0 Å². The van der Waals surface area contributed by atoms with E-state index in [1.165, 1.54) is 0 Å². The topological polar surface area (TPSA) is 148 Å². The number of nitrogens with two attached hydrogens (primary N) is 2. The van der Waals surface area contributed by atoms with Gasteiger partial charge in [-0.15, -0.1) is 23.2 Å². The second-order valence-electron chi connectivity index (χ2n) is 8.88. The molecule has 1 heterocycles. The summed E-state index contributed by atoms with van der Waals surface area (Å²) in [5.41, 5.74) is 14.3. The van der Waals surface area contributed by atoms with E-state index in [9.17, 15) is 9.59 Å². The summed E-state index contributed by atoms with van der Waals surface area (Å²) in [6.07, 6.45) is 1.29. The number of nitrogens with one attached hydrogen (secondary N) is 2. The maximum atomic E-state index is 13.8. The highest BCUT2D eigenvalue weighted by Crippen LogP contribution is 2.44. The highest BCUT2D eigenvalue weighted by molar-refractivity contribution is 6.35. The average molecular weight is 557 g/mol. The van der Waals surface area contributed by atoms with E-state index in [0.29, 0.717) is 95.7 Å². The zero-order valence-corrected chi connectivity index (χ0v) is 22.6. The molecule has 0 aliphatic heterocycles. The summed E-state index contributed by atoms with van der Waals surface area (Å²) in [6, 6.07) is 8.74. The minimum Gasteiger partial charge on any atom is -0.459 e. The van der Waals surface area contributed by atoms with Crippen LogP contribution in [0.5, 0.6) is 0 Å². The van der Waals surface area contributed by atoms with Gasteiger partial charge in [0.15, 0.2) is 17.1 Å². The van der Waals surface area contributed by atoms with Crippen molar-refractivity contribution in [2.75, 3.05) is 48.6 Å². The number of ketones is 2. The molecular formula is C27H30Cl2N6O3. The summed E-state index contributed by atoms with van der Waals surface area (Å²) in [4.78, 5) is 36.1. The van der Waals surface area contributed by atoms with Crippen LogP contribution in [0.25, 0.3) is 11.0 Å². The number of fused-ring (bicyclic) bond motifs is 3. The molecule has 11 heteroatoms. The van der Waals surface area contributed by atoms with Gasteiger partial charge in [-0.25, -0.2) is 0 Å². The van der Waals surface area contributed by atoms with Crippen molar-refractivity contribution < 1.29 is 14.0 Å². The molecule has 0 saturated carbocycles. The molecule has 0 saturated heterocycles. The zero-order chi connectivity index (χ0) is 27.2. The first-order valence-corrected chi connectivity index (χ1v) is 13.4. The lowest BCUT2D eigenvalue weighted by molar-refractivity contribution is 0.0980. The van der Waals surface area contributed by atoms with Gasteiger partial charge >= 0.3 is 0 Å². The van der Waals surface area contributed by atoms with Crippen molar-refractivity contribution in [3.05, 3.63) is 58.3 Å². The number of hydrogen-bond donors (Lipinski definition) is 4. The van der Waals surface area contributed by atoms with E-state index in [2.05, 4.69) is 20.6 Å². The lowest BCUT2D eigenvalue weighted by Crippen LogP contribution is -2.25. The molecule has 200 valence electrons. The predicted molar refractivity (Wildman–Crippen MR) is 155 cm³/mol. The number of benzene rings is 2. The second-order valence-corrected chi connectivity index (χ2v) is 9.41. The number of alkyl halides is 2. The third-order valence-electron chi connectivity index (χ3n) is 6.15. The summed E-state index contributed by atoms with van der Waals surface area (Å²) in [5, 5.41) is 7.44. The predicted octanol–water partition coefficient (Wildman–Crippen LogP) is 4.31. The summed E-state index contributed by atoms with van der Waals surface area (Å²) in [6.45, 7) is 3.77. The smallest absolute Gasteiger partial charge is 0.196 e. The first-order chi connectivity index (χ1) is 18.4. The van der Waals surface area contributed by atoms with E-state index in [-0.39, 0.29) is 23.3 Å². The van der Waals surface area contributed by atoms with Crippen LogP contribution in [0.15, 0.2) is 44.7 Å². The Morgan fingerprint density at radius 1 is 0.868 bits per heavy atom. The maximum absolute atomic E-state index is 13.8. The number of rotatable bonds is 12. The van der Waals surface area contributed by atoms with Gasteiger partial charge in [0, 0.05) is 42.7 Å². The Morgan fingerprint density at radius 3 is 1.89 bits per heavy atom. The van der Waals surface area contributed by atoms with Crippen molar-refractivity contribution in [1.82, 2.24) is 0 Å². The van der Waals surface area contributed by atoms with E-state index in [4.69, 9.17) is 39.1 Å². The minimum atomic E-state index is -0.236. The summed E-state index contributed by atoms with van der Waals surface area (Å²) in [7, 11) is 0.